The minimum atomic E-state index is -0.341. The number of ether oxygens (including phenoxy) is 2. The van der Waals surface area contributed by atoms with Crippen molar-refractivity contribution in [1.82, 2.24) is 10.2 Å². The zero-order valence-corrected chi connectivity index (χ0v) is 14.3. The van der Waals surface area contributed by atoms with E-state index in [4.69, 9.17) is 15.2 Å². The highest BCUT2D eigenvalue weighted by molar-refractivity contribution is 5.80. The predicted molar refractivity (Wildman–Crippen MR) is 92.0 cm³/mol. The van der Waals surface area contributed by atoms with Crippen molar-refractivity contribution in [2.75, 3.05) is 26.3 Å². The standard InChI is InChI=1S/C18H25N3O4/c19-17(22)14-6-7-21(11-14)18(23)20-10-13-3-1-4-15(9-13)25-12-16-5-2-8-24-16/h1,3-4,9,14,16H,2,5-8,10-12H2,(H2,19,22)(H,20,23)/t14-,16-/m0/s1. The average Bonchev–Trinajstić information content (AvgIpc) is 3.30. The Morgan fingerprint density at radius 1 is 1.36 bits per heavy atom. The molecule has 3 amide bonds. The highest BCUT2D eigenvalue weighted by Gasteiger charge is 2.29. The topological polar surface area (TPSA) is 93.9 Å². The second-order valence-electron chi connectivity index (χ2n) is 6.59. The Labute approximate surface area is 147 Å². The van der Waals surface area contributed by atoms with Crippen molar-refractivity contribution in [3.63, 3.8) is 0 Å². The molecule has 7 heteroatoms. The smallest absolute Gasteiger partial charge is 0.317 e. The summed E-state index contributed by atoms with van der Waals surface area (Å²) in [6.45, 7) is 2.73. The molecule has 2 aliphatic heterocycles. The number of nitrogens with one attached hydrogen (secondary N) is 1. The first-order valence-electron chi connectivity index (χ1n) is 8.77. The molecule has 3 N–H and O–H groups in total. The van der Waals surface area contributed by atoms with Crippen LogP contribution in [0.2, 0.25) is 0 Å². The largest absolute Gasteiger partial charge is 0.491 e. The number of hydrogen-bond donors (Lipinski definition) is 2. The third kappa shape index (κ3) is 4.85. The zero-order valence-electron chi connectivity index (χ0n) is 14.3. The van der Waals surface area contributed by atoms with Crippen LogP contribution in [0.15, 0.2) is 24.3 Å². The fraction of sp³-hybridized carbons (Fsp3) is 0.556. The maximum atomic E-state index is 12.2. The van der Waals surface area contributed by atoms with Crippen molar-refractivity contribution in [1.29, 1.82) is 0 Å². The van der Waals surface area contributed by atoms with E-state index in [0.29, 0.717) is 32.7 Å². The molecule has 2 saturated heterocycles. The number of rotatable bonds is 6. The summed E-state index contributed by atoms with van der Waals surface area (Å²) in [6, 6.07) is 7.50. The molecule has 3 rings (SSSR count). The van der Waals surface area contributed by atoms with Gasteiger partial charge in [-0.3, -0.25) is 4.79 Å². The molecule has 0 saturated carbocycles. The molecule has 25 heavy (non-hydrogen) atoms. The second kappa shape index (κ2) is 8.20. The SMILES string of the molecule is NC(=O)[C@H]1CCN(C(=O)NCc2cccc(OC[C@@H]3CCCO3)c2)C1. The summed E-state index contributed by atoms with van der Waals surface area (Å²) in [4.78, 5) is 25.0. The Morgan fingerprint density at radius 3 is 2.96 bits per heavy atom. The quantitative estimate of drug-likeness (QED) is 0.810. The third-order valence-corrected chi connectivity index (χ3v) is 4.68. The van der Waals surface area contributed by atoms with E-state index in [-0.39, 0.29) is 24.0 Å². The van der Waals surface area contributed by atoms with Gasteiger partial charge in [-0.05, 0) is 37.0 Å². The molecule has 7 nitrogen and oxygen atoms in total. The Morgan fingerprint density at radius 2 is 2.24 bits per heavy atom. The van der Waals surface area contributed by atoms with E-state index >= 15 is 0 Å². The first kappa shape index (κ1) is 17.5. The van der Waals surface area contributed by atoms with Crippen molar-refractivity contribution in [3.8, 4) is 5.75 Å². The van der Waals surface area contributed by atoms with Crippen LogP contribution in [-0.4, -0.2) is 49.2 Å². The maximum Gasteiger partial charge on any atom is 0.317 e. The van der Waals surface area contributed by atoms with Crippen LogP contribution in [0.1, 0.15) is 24.8 Å². The van der Waals surface area contributed by atoms with E-state index in [1.165, 1.54) is 0 Å². The van der Waals surface area contributed by atoms with E-state index in [0.717, 1.165) is 30.8 Å². The molecule has 0 aliphatic carbocycles. The van der Waals surface area contributed by atoms with Crippen LogP contribution in [0.3, 0.4) is 0 Å². The number of nitrogens with zero attached hydrogens (tertiary/aromatic N) is 1. The Hall–Kier alpha value is -2.28. The normalized spacial score (nSPS) is 22.8. The van der Waals surface area contributed by atoms with Crippen LogP contribution < -0.4 is 15.8 Å². The third-order valence-electron chi connectivity index (χ3n) is 4.68. The van der Waals surface area contributed by atoms with Gasteiger partial charge >= 0.3 is 6.03 Å². The molecule has 1 aromatic rings. The molecular weight excluding hydrogens is 322 g/mol. The van der Waals surface area contributed by atoms with Crippen molar-refractivity contribution in [3.05, 3.63) is 29.8 Å². The number of nitrogens with two attached hydrogens (primary N) is 1. The molecule has 2 aliphatic rings. The Bertz CT molecular complexity index is 616. The molecule has 1 aromatic carbocycles. The Balaban J connectivity index is 1.45. The van der Waals surface area contributed by atoms with Gasteiger partial charge in [0.25, 0.3) is 0 Å². The van der Waals surface area contributed by atoms with Crippen molar-refractivity contribution < 1.29 is 19.1 Å². The second-order valence-corrected chi connectivity index (χ2v) is 6.59. The summed E-state index contributed by atoms with van der Waals surface area (Å²) < 4.78 is 11.3. The summed E-state index contributed by atoms with van der Waals surface area (Å²) in [6.07, 6.45) is 2.94. The number of carbonyl (C=O) groups excluding carboxylic acids is 2. The van der Waals surface area contributed by atoms with Gasteiger partial charge in [0.15, 0.2) is 0 Å². The van der Waals surface area contributed by atoms with Crippen molar-refractivity contribution in [2.45, 2.75) is 31.9 Å². The highest BCUT2D eigenvalue weighted by atomic mass is 16.5. The summed E-state index contributed by atoms with van der Waals surface area (Å²) in [7, 11) is 0. The summed E-state index contributed by atoms with van der Waals surface area (Å²) in [5.74, 6) is 0.198. The number of primary amides is 1. The fourth-order valence-corrected chi connectivity index (χ4v) is 3.18. The van der Waals surface area contributed by atoms with Gasteiger partial charge in [-0.1, -0.05) is 12.1 Å². The lowest BCUT2D eigenvalue weighted by Crippen LogP contribution is -2.39. The summed E-state index contributed by atoms with van der Waals surface area (Å²) >= 11 is 0. The van der Waals surface area contributed by atoms with Crippen LogP contribution in [0.25, 0.3) is 0 Å². The molecule has 2 atom stereocenters. The summed E-state index contributed by atoms with van der Waals surface area (Å²) in [5, 5.41) is 2.88. The van der Waals surface area contributed by atoms with Crippen LogP contribution in [0.4, 0.5) is 4.79 Å². The average molecular weight is 347 g/mol. The number of likely N-dealkylation sites (tertiary alicyclic amines) is 1. The van der Waals surface area contributed by atoms with Gasteiger partial charge in [0.2, 0.25) is 5.91 Å². The molecule has 0 unspecified atom stereocenters. The van der Waals surface area contributed by atoms with E-state index in [1.807, 2.05) is 24.3 Å². The van der Waals surface area contributed by atoms with Gasteiger partial charge < -0.3 is 25.4 Å². The van der Waals surface area contributed by atoms with Gasteiger partial charge in [0, 0.05) is 26.2 Å². The number of hydrogen-bond acceptors (Lipinski definition) is 4. The minimum absolute atomic E-state index is 0.172. The highest BCUT2D eigenvalue weighted by Crippen LogP contribution is 2.18. The van der Waals surface area contributed by atoms with E-state index < -0.39 is 0 Å². The van der Waals surface area contributed by atoms with Gasteiger partial charge in [-0.15, -0.1) is 0 Å². The van der Waals surface area contributed by atoms with E-state index in [2.05, 4.69) is 5.32 Å². The lowest BCUT2D eigenvalue weighted by Gasteiger charge is -2.17. The molecule has 2 fully saturated rings. The van der Waals surface area contributed by atoms with Gasteiger partial charge in [0.1, 0.15) is 12.4 Å². The van der Waals surface area contributed by atoms with Crippen LogP contribution in [0, 0.1) is 5.92 Å². The lowest BCUT2D eigenvalue weighted by atomic mass is 10.1. The minimum Gasteiger partial charge on any atom is -0.491 e. The number of carbonyl (C=O) groups is 2. The van der Waals surface area contributed by atoms with E-state index in [9.17, 15) is 9.59 Å². The van der Waals surface area contributed by atoms with Gasteiger partial charge in [0.05, 0.1) is 12.0 Å². The number of amides is 3. The Kier molecular flexibility index (Phi) is 5.75. The molecule has 0 spiro atoms. The molecule has 0 aromatic heterocycles. The van der Waals surface area contributed by atoms with Crippen molar-refractivity contribution >= 4 is 11.9 Å². The van der Waals surface area contributed by atoms with Gasteiger partial charge in [-0.25, -0.2) is 4.79 Å². The predicted octanol–water partition coefficient (Wildman–Crippen LogP) is 1.26. The maximum absolute atomic E-state index is 12.2. The number of urea groups is 1. The van der Waals surface area contributed by atoms with Crippen LogP contribution >= 0.6 is 0 Å². The summed E-state index contributed by atoms with van der Waals surface area (Å²) in [5.41, 5.74) is 6.26. The van der Waals surface area contributed by atoms with Crippen molar-refractivity contribution in [2.24, 2.45) is 11.7 Å². The number of benzene rings is 1. The molecular formula is C18H25N3O4. The first-order valence-corrected chi connectivity index (χ1v) is 8.77. The van der Waals surface area contributed by atoms with E-state index in [1.54, 1.807) is 4.90 Å². The lowest BCUT2D eigenvalue weighted by molar-refractivity contribution is -0.121. The molecule has 2 heterocycles. The van der Waals surface area contributed by atoms with Crippen LogP contribution in [-0.2, 0) is 16.1 Å². The fourth-order valence-electron chi connectivity index (χ4n) is 3.18. The first-order chi connectivity index (χ1) is 12.1. The zero-order chi connectivity index (χ0) is 17.6. The van der Waals surface area contributed by atoms with Crippen LogP contribution in [0.5, 0.6) is 5.75 Å². The monoisotopic (exact) mass is 347 g/mol. The van der Waals surface area contributed by atoms with Gasteiger partial charge in [-0.2, -0.15) is 0 Å². The molecule has 136 valence electrons. The molecule has 0 bridgehead atoms. The molecule has 0 radical (unpaired) electrons.